The summed E-state index contributed by atoms with van der Waals surface area (Å²) in [6.07, 6.45) is 73.3. The highest BCUT2D eigenvalue weighted by molar-refractivity contribution is 5.70. The van der Waals surface area contributed by atoms with E-state index in [0.29, 0.717) is 19.4 Å². The summed E-state index contributed by atoms with van der Waals surface area (Å²) in [6.45, 7) is 7.32. The molecule has 1 unspecified atom stereocenters. The van der Waals surface area contributed by atoms with E-state index >= 15 is 0 Å². The van der Waals surface area contributed by atoms with Crippen molar-refractivity contribution in [1.82, 2.24) is 0 Å². The highest BCUT2D eigenvalue weighted by atomic mass is 16.6. The summed E-state index contributed by atoms with van der Waals surface area (Å²) in [4.78, 5) is 25.3. The predicted molar refractivity (Wildman–Crippen MR) is 269 cm³/mol. The molecular formula is C57H90O5. The number of rotatable bonds is 43. The lowest BCUT2D eigenvalue weighted by Gasteiger charge is -2.18. The molecule has 0 fully saturated rings. The third-order valence-electron chi connectivity index (χ3n) is 9.68. The van der Waals surface area contributed by atoms with Crippen LogP contribution in [0.2, 0.25) is 0 Å². The number of hydrogen-bond donors (Lipinski definition) is 0. The van der Waals surface area contributed by atoms with Crippen molar-refractivity contribution in [2.24, 2.45) is 0 Å². The van der Waals surface area contributed by atoms with Crippen LogP contribution >= 0.6 is 0 Å². The molecule has 0 saturated heterocycles. The number of ether oxygens (including phenoxy) is 3. The largest absolute Gasteiger partial charge is 0.462 e. The molecule has 5 heteroatoms. The van der Waals surface area contributed by atoms with Gasteiger partial charge in [0.15, 0.2) is 6.10 Å². The SMILES string of the molecule is CC/C=C\C/C=C\C/C=C\C/C=C\CCCCC(=O)OCC(COCCCCCCCCCC/C=C\C/C=C\C/C=C\CC)OC(=O)CC/C=C\C/C=C\C/C=C\C/C=C\CC. The Balaban J connectivity index is 4.44. The fraction of sp³-hybridized carbons (Fsp3) is 0.579. The lowest BCUT2D eigenvalue weighted by Crippen LogP contribution is -2.30. The van der Waals surface area contributed by atoms with E-state index in [4.69, 9.17) is 14.2 Å². The number of esters is 2. The van der Waals surface area contributed by atoms with Gasteiger partial charge >= 0.3 is 11.9 Å². The molecule has 0 radical (unpaired) electrons. The number of unbranched alkanes of at least 4 members (excludes halogenated alkanes) is 10. The summed E-state index contributed by atoms with van der Waals surface area (Å²) in [5.41, 5.74) is 0. The molecule has 0 aliphatic rings. The van der Waals surface area contributed by atoms with Crippen LogP contribution in [0.3, 0.4) is 0 Å². The van der Waals surface area contributed by atoms with E-state index in [-0.39, 0.29) is 31.6 Å². The molecule has 348 valence electrons. The van der Waals surface area contributed by atoms with Crippen molar-refractivity contribution in [2.75, 3.05) is 19.8 Å². The van der Waals surface area contributed by atoms with E-state index in [0.717, 1.165) is 103 Å². The average Bonchev–Trinajstić information content (AvgIpc) is 3.27. The van der Waals surface area contributed by atoms with E-state index in [9.17, 15) is 9.59 Å². The van der Waals surface area contributed by atoms with Crippen molar-refractivity contribution in [3.05, 3.63) is 134 Å². The maximum Gasteiger partial charge on any atom is 0.306 e. The highest BCUT2D eigenvalue weighted by Gasteiger charge is 2.17. The number of hydrogen-bond acceptors (Lipinski definition) is 5. The molecule has 0 heterocycles. The molecule has 0 aliphatic heterocycles. The molecule has 0 N–H and O–H groups in total. The van der Waals surface area contributed by atoms with Crippen LogP contribution in [0.5, 0.6) is 0 Å². The maximum absolute atomic E-state index is 12.7. The minimum atomic E-state index is -0.604. The van der Waals surface area contributed by atoms with Crippen molar-refractivity contribution in [3.63, 3.8) is 0 Å². The Hall–Kier alpha value is -3.96. The monoisotopic (exact) mass is 855 g/mol. The molecule has 62 heavy (non-hydrogen) atoms. The van der Waals surface area contributed by atoms with Crippen molar-refractivity contribution in [1.29, 1.82) is 0 Å². The minimum Gasteiger partial charge on any atom is -0.462 e. The van der Waals surface area contributed by atoms with Gasteiger partial charge < -0.3 is 14.2 Å². The Morgan fingerprint density at radius 1 is 0.355 bits per heavy atom. The van der Waals surface area contributed by atoms with Gasteiger partial charge in [0, 0.05) is 19.4 Å². The van der Waals surface area contributed by atoms with Crippen molar-refractivity contribution < 1.29 is 23.8 Å². The third kappa shape index (κ3) is 48.7. The van der Waals surface area contributed by atoms with Gasteiger partial charge in [-0.15, -0.1) is 0 Å². The van der Waals surface area contributed by atoms with Gasteiger partial charge in [0.2, 0.25) is 0 Å². The molecule has 1 atom stereocenters. The standard InChI is InChI=1S/C57H90O5/c1-4-7-10-13-16-19-22-25-27-28-29-31-34-37-40-43-46-49-52-60-53-55(62-57(59)51-48-45-42-39-36-32-24-21-18-15-12-9-6-3)54-61-56(58)50-47-44-41-38-35-33-30-26-23-20-17-14-11-8-5-2/h7-12,16-21,25-27,30,32,35-36,38,42,45,55H,4-6,13-15,22-24,28-29,31,33-34,37,39-41,43-44,46-54H2,1-3H3/b10-7-,11-8-,12-9-,19-16-,20-17-,21-18-,27-25-,30-26-,36-32-,38-35-,45-42-. The van der Waals surface area contributed by atoms with Crippen LogP contribution in [0.4, 0.5) is 0 Å². The Morgan fingerprint density at radius 2 is 0.710 bits per heavy atom. The van der Waals surface area contributed by atoms with Crippen LogP contribution in [0.25, 0.3) is 0 Å². The second-order valence-electron chi connectivity index (χ2n) is 15.6. The Kier molecular flexibility index (Phi) is 48.1. The fourth-order valence-corrected chi connectivity index (χ4v) is 6.12. The molecule has 0 amide bonds. The maximum atomic E-state index is 12.7. The lowest BCUT2D eigenvalue weighted by molar-refractivity contribution is -0.162. The number of allylic oxidation sites excluding steroid dienone is 22. The second kappa shape index (κ2) is 51.4. The van der Waals surface area contributed by atoms with Crippen molar-refractivity contribution in [3.8, 4) is 0 Å². The summed E-state index contributed by atoms with van der Waals surface area (Å²) >= 11 is 0. The zero-order valence-electron chi connectivity index (χ0n) is 39.8. The van der Waals surface area contributed by atoms with Crippen LogP contribution in [0, 0.1) is 0 Å². The zero-order chi connectivity index (χ0) is 44.9. The molecule has 0 aromatic rings. The number of carbonyl (C=O) groups is 2. The average molecular weight is 855 g/mol. The summed E-state index contributed by atoms with van der Waals surface area (Å²) in [5.74, 6) is -0.555. The molecule has 0 bridgehead atoms. The van der Waals surface area contributed by atoms with Crippen molar-refractivity contribution >= 4 is 11.9 Å². The molecule has 0 saturated carbocycles. The molecule has 0 aliphatic carbocycles. The quantitative estimate of drug-likeness (QED) is 0.0347. The molecule has 0 spiro atoms. The molecule has 5 nitrogen and oxygen atoms in total. The normalized spacial score (nSPS) is 13.4. The first-order chi connectivity index (χ1) is 30.6. The first-order valence-corrected chi connectivity index (χ1v) is 24.7. The van der Waals surface area contributed by atoms with Crippen LogP contribution < -0.4 is 0 Å². The molecular weight excluding hydrogens is 765 g/mol. The predicted octanol–water partition coefficient (Wildman–Crippen LogP) is 16.8. The molecule has 0 aromatic carbocycles. The van der Waals surface area contributed by atoms with Crippen LogP contribution in [-0.2, 0) is 23.8 Å². The van der Waals surface area contributed by atoms with Gasteiger partial charge in [0.25, 0.3) is 0 Å². The van der Waals surface area contributed by atoms with E-state index in [1.54, 1.807) is 0 Å². The van der Waals surface area contributed by atoms with Gasteiger partial charge in [-0.25, -0.2) is 0 Å². The van der Waals surface area contributed by atoms with E-state index in [1.165, 1.54) is 44.9 Å². The van der Waals surface area contributed by atoms with Gasteiger partial charge in [0.05, 0.1) is 6.61 Å². The Bertz CT molecular complexity index is 1330. The van der Waals surface area contributed by atoms with Crippen molar-refractivity contribution in [2.45, 2.75) is 194 Å². The summed E-state index contributed by atoms with van der Waals surface area (Å²) in [7, 11) is 0. The van der Waals surface area contributed by atoms with Gasteiger partial charge in [-0.05, 0) is 116 Å². The first-order valence-electron chi connectivity index (χ1n) is 24.7. The summed E-state index contributed by atoms with van der Waals surface area (Å²) in [6, 6.07) is 0. The summed E-state index contributed by atoms with van der Waals surface area (Å²) in [5, 5.41) is 0. The van der Waals surface area contributed by atoms with Gasteiger partial charge in [-0.1, -0.05) is 193 Å². The van der Waals surface area contributed by atoms with E-state index in [2.05, 4.69) is 148 Å². The van der Waals surface area contributed by atoms with E-state index in [1.807, 2.05) is 6.08 Å². The summed E-state index contributed by atoms with van der Waals surface area (Å²) < 4.78 is 17.3. The van der Waals surface area contributed by atoms with E-state index < -0.39 is 6.10 Å². The second-order valence-corrected chi connectivity index (χ2v) is 15.6. The van der Waals surface area contributed by atoms with Gasteiger partial charge in [-0.3, -0.25) is 9.59 Å². The van der Waals surface area contributed by atoms with Gasteiger partial charge in [-0.2, -0.15) is 0 Å². The van der Waals surface area contributed by atoms with Crippen LogP contribution in [-0.4, -0.2) is 37.9 Å². The number of carbonyl (C=O) groups excluding carboxylic acids is 2. The Labute approximate surface area is 381 Å². The highest BCUT2D eigenvalue weighted by Crippen LogP contribution is 2.11. The smallest absolute Gasteiger partial charge is 0.306 e. The Morgan fingerprint density at radius 3 is 1.15 bits per heavy atom. The third-order valence-corrected chi connectivity index (χ3v) is 9.68. The fourth-order valence-electron chi connectivity index (χ4n) is 6.12. The lowest BCUT2D eigenvalue weighted by atomic mass is 10.1. The first kappa shape index (κ1) is 58.0. The molecule has 0 rings (SSSR count). The van der Waals surface area contributed by atoms with Gasteiger partial charge in [0.1, 0.15) is 6.61 Å². The topological polar surface area (TPSA) is 61.8 Å². The minimum absolute atomic E-state index is 0.0230. The van der Waals surface area contributed by atoms with Crippen LogP contribution in [0.1, 0.15) is 188 Å². The van der Waals surface area contributed by atoms with Crippen LogP contribution in [0.15, 0.2) is 134 Å². The zero-order valence-corrected chi connectivity index (χ0v) is 39.8. The molecule has 0 aromatic heterocycles.